The van der Waals surface area contributed by atoms with Crippen molar-refractivity contribution in [3.05, 3.63) is 35.9 Å². The summed E-state index contributed by atoms with van der Waals surface area (Å²) in [6, 6.07) is 9.04. The highest BCUT2D eigenvalue weighted by molar-refractivity contribution is 5.81. The van der Waals surface area contributed by atoms with Gasteiger partial charge in [0.1, 0.15) is 6.23 Å². The minimum atomic E-state index is -0.571. The molecule has 5 N–H and O–H groups in total. The third-order valence-electron chi connectivity index (χ3n) is 5.94. The van der Waals surface area contributed by atoms with Gasteiger partial charge in [0.25, 0.3) is 0 Å². The minimum absolute atomic E-state index is 0.188. The van der Waals surface area contributed by atoms with E-state index in [0.717, 1.165) is 12.0 Å². The van der Waals surface area contributed by atoms with E-state index >= 15 is 0 Å². The van der Waals surface area contributed by atoms with Crippen molar-refractivity contribution in [1.82, 2.24) is 10.6 Å². The second kappa shape index (κ2) is 10.2. The van der Waals surface area contributed by atoms with Crippen molar-refractivity contribution in [1.29, 1.82) is 0 Å². The topological polar surface area (TPSA) is 87.4 Å². The van der Waals surface area contributed by atoms with Crippen LogP contribution in [0.4, 0.5) is 0 Å². The average molecular weight is 376 g/mol. The van der Waals surface area contributed by atoms with Crippen molar-refractivity contribution in [3.63, 3.8) is 0 Å². The number of aliphatic hydroxyl groups excluding tert-OH is 1. The van der Waals surface area contributed by atoms with Crippen LogP contribution in [0.2, 0.25) is 0 Å². The fraction of sp³-hybridized carbons (Fsp3) is 0.682. The van der Waals surface area contributed by atoms with Crippen molar-refractivity contribution < 1.29 is 9.90 Å². The molecule has 0 spiro atoms. The van der Waals surface area contributed by atoms with Gasteiger partial charge in [0, 0.05) is 12.5 Å². The fourth-order valence-electron chi connectivity index (χ4n) is 4.27. The Morgan fingerprint density at radius 1 is 1.19 bits per heavy atom. The summed E-state index contributed by atoms with van der Waals surface area (Å²) in [4.78, 5) is 12.1. The lowest BCUT2D eigenvalue weighted by Crippen LogP contribution is -2.48. The Labute approximate surface area is 164 Å². The number of hydrogen-bond donors (Lipinski definition) is 4. The van der Waals surface area contributed by atoms with Crippen LogP contribution in [-0.2, 0) is 4.79 Å². The van der Waals surface area contributed by atoms with Gasteiger partial charge in [-0.2, -0.15) is 0 Å². The zero-order chi connectivity index (χ0) is 20.0. The van der Waals surface area contributed by atoms with Crippen LogP contribution in [0.15, 0.2) is 30.3 Å². The molecule has 152 valence electrons. The molecule has 5 nitrogen and oxygen atoms in total. The zero-order valence-corrected chi connectivity index (χ0v) is 17.2. The maximum Gasteiger partial charge on any atom is 0.237 e. The van der Waals surface area contributed by atoms with Gasteiger partial charge >= 0.3 is 0 Å². The Hall–Kier alpha value is -1.43. The molecule has 0 saturated heterocycles. The van der Waals surface area contributed by atoms with Gasteiger partial charge in [0.05, 0.1) is 12.1 Å². The van der Waals surface area contributed by atoms with Crippen molar-refractivity contribution >= 4 is 5.91 Å². The first-order valence-corrected chi connectivity index (χ1v) is 10.3. The monoisotopic (exact) mass is 375 g/mol. The van der Waals surface area contributed by atoms with Gasteiger partial charge in [0.15, 0.2) is 0 Å². The number of amides is 1. The van der Waals surface area contributed by atoms with Crippen molar-refractivity contribution in [2.45, 2.75) is 65.3 Å². The van der Waals surface area contributed by atoms with Crippen LogP contribution in [0.1, 0.15) is 58.6 Å². The van der Waals surface area contributed by atoms with Crippen LogP contribution in [0.25, 0.3) is 0 Å². The fourth-order valence-corrected chi connectivity index (χ4v) is 4.27. The van der Waals surface area contributed by atoms with E-state index in [2.05, 4.69) is 31.4 Å². The first kappa shape index (κ1) is 21.9. The van der Waals surface area contributed by atoms with E-state index in [-0.39, 0.29) is 17.9 Å². The molecule has 1 amide bonds. The molecule has 6 atom stereocenters. The molecule has 1 aliphatic carbocycles. The summed E-state index contributed by atoms with van der Waals surface area (Å²) in [7, 11) is 0. The predicted molar refractivity (Wildman–Crippen MR) is 110 cm³/mol. The molecule has 0 aliphatic heterocycles. The molecule has 2 rings (SSSR count). The second-order valence-electron chi connectivity index (χ2n) is 8.60. The molecule has 1 saturated carbocycles. The van der Waals surface area contributed by atoms with Gasteiger partial charge in [-0.05, 0) is 43.1 Å². The zero-order valence-electron chi connectivity index (χ0n) is 17.2. The number of nitrogens with one attached hydrogen (secondary N) is 2. The maximum atomic E-state index is 12.1. The van der Waals surface area contributed by atoms with E-state index in [1.165, 1.54) is 12.8 Å². The number of aliphatic hydroxyl groups is 1. The molecule has 5 heteroatoms. The van der Waals surface area contributed by atoms with E-state index in [0.29, 0.717) is 24.3 Å². The summed E-state index contributed by atoms with van der Waals surface area (Å²) in [5, 5.41) is 17.2. The van der Waals surface area contributed by atoms with Crippen molar-refractivity contribution in [2.24, 2.45) is 29.4 Å². The molecular weight excluding hydrogens is 338 g/mol. The van der Waals surface area contributed by atoms with Crippen LogP contribution < -0.4 is 16.4 Å². The highest BCUT2D eigenvalue weighted by Crippen LogP contribution is 2.39. The van der Waals surface area contributed by atoms with Crippen LogP contribution in [0.3, 0.4) is 0 Å². The first-order valence-electron chi connectivity index (χ1n) is 10.3. The van der Waals surface area contributed by atoms with E-state index < -0.39 is 12.3 Å². The molecule has 1 aromatic rings. The standard InChI is InChI=1S/C22H37N3O2/c1-14(2)18-11-10-15(3)12-19(18)22(27)24-13-20(25-21(26)16(4)23)17-8-6-5-7-9-17/h5-9,14-16,18-20,22,24,27H,10-13,23H2,1-4H3,(H,25,26)/t15-,16-,18+,19-,20?,22?/m1/s1. The summed E-state index contributed by atoms with van der Waals surface area (Å²) in [5.41, 5.74) is 6.72. The van der Waals surface area contributed by atoms with Crippen LogP contribution in [0.5, 0.6) is 0 Å². The van der Waals surface area contributed by atoms with E-state index in [4.69, 9.17) is 5.73 Å². The Morgan fingerprint density at radius 2 is 1.85 bits per heavy atom. The SMILES string of the molecule is CC(C)[C@@H]1CC[C@@H](C)C[C@H]1C(O)NCC(NC(=O)[C@@H](C)N)c1ccccc1. The maximum absolute atomic E-state index is 12.1. The van der Waals surface area contributed by atoms with Gasteiger partial charge in [-0.15, -0.1) is 0 Å². The van der Waals surface area contributed by atoms with E-state index in [1.807, 2.05) is 30.3 Å². The molecular formula is C22H37N3O2. The minimum Gasteiger partial charge on any atom is -0.378 e. The Bertz CT molecular complexity index is 576. The molecule has 0 aromatic heterocycles. The number of nitrogens with two attached hydrogens (primary N) is 1. The molecule has 0 bridgehead atoms. The van der Waals surface area contributed by atoms with Crippen molar-refractivity contribution in [2.75, 3.05) is 6.54 Å². The number of carbonyl (C=O) groups excluding carboxylic acids is 1. The molecule has 2 unspecified atom stereocenters. The van der Waals surface area contributed by atoms with Gasteiger partial charge in [0.2, 0.25) is 5.91 Å². The average Bonchev–Trinajstić information content (AvgIpc) is 2.64. The third kappa shape index (κ3) is 6.30. The first-order chi connectivity index (χ1) is 12.8. The Kier molecular flexibility index (Phi) is 8.27. The molecule has 1 aliphatic rings. The highest BCUT2D eigenvalue weighted by atomic mass is 16.3. The van der Waals surface area contributed by atoms with Crippen LogP contribution in [-0.4, -0.2) is 29.8 Å². The number of carbonyl (C=O) groups is 1. The lowest BCUT2D eigenvalue weighted by molar-refractivity contribution is -0.122. The number of hydrogen-bond acceptors (Lipinski definition) is 4. The quantitative estimate of drug-likeness (QED) is 0.526. The summed E-state index contributed by atoms with van der Waals surface area (Å²) < 4.78 is 0. The summed E-state index contributed by atoms with van der Waals surface area (Å²) in [6.45, 7) is 8.91. The normalized spacial score (nSPS) is 26.4. The summed E-state index contributed by atoms with van der Waals surface area (Å²) in [6.07, 6.45) is 2.88. The molecule has 0 heterocycles. The van der Waals surface area contributed by atoms with Gasteiger partial charge in [-0.25, -0.2) is 0 Å². The van der Waals surface area contributed by atoms with Gasteiger partial charge in [-0.1, -0.05) is 57.5 Å². The molecule has 0 radical (unpaired) electrons. The smallest absolute Gasteiger partial charge is 0.237 e. The molecule has 1 fully saturated rings. The Morgan fingerprint density at radius 3 is 2.44 bits per heavy atom. The predicted octanol–water partition coefficient (Wildman–Crippen LogP) is 2.81. The largest absolute Gasteiger partial charge is 0.378 e. The number of rotatable bonds is 8. The van der Waals surface area contributed by atoms with E-state index in [9.17, 15) is 9.90 Å². The van der Waals surface area contributed by atoms with Gasteiger partial charge < -0.3 is 16.2 Å². The second-order valence-corrected chi connectivity index (χ2v) is 8.60. The van der Waals surface area contributed by atoms with E-state index in [1.54, 1.807) is 6.92 Å². The lowest BCUT2D eigenvalue weighted by Gasteiger charge is -2.40. The van der Waals surface area contributed by atoms with Crippen LogP contribution in [0, 0.1) is 23.7 Å². The Balaban J connectivity index is 2.05. The molecule has 1 aromatic carbocycles. The summed E-state index contributed by atoms with van der Waals surface area (Å²) in [5.74, 6) is 1.78. The molecule has 27 heavy (non-hydrogen) atoms. The lowest BCUT2D eigenvalue weighted by atomic mass is 9.69. The highest BCUT2D eigenvalue weighted by Gasteiger charge is 2.35. The van der Waals surface area contributed by atoms with Crippen LogP contribution >= 0.6 is 0 Å². The van der Waals surface area contributed by atoms with Crippen molar-refractivity contribution in [3.8, 4) is 0 Å². The third-order valence-corrected chi connectivity index (χ3v) is 5.94. The van der Waals surface area contributed by atoms with Gasteiger partial charge in [-0.3, -0.25) is 10.1 Å². The summed E-state index contributed by atoms with van der Waals surface area (Å²) >= 11 is 0. The number of benzene rings is 1.